The molecule has 0 aromatic rings. The Morgan fingerprint density at radius 3 is 2.15 bits per heavy atom. The van der Waals surface area contributed by atoms with E-state index in [0.717, 1.165) is 51.4 Å². The largest absolute Gasteiger partial charge is 0.444 e. The van der Waals surface area contributed by atoms with Gasteiger partial charge in [0.05, 0.1) is 6.04 Å². The van der Waals surface area contributed by atoms with Crippen molar-refractivity contribution in [1.29, 1.82) is 0 Å². The summed E-state index contributed by atoms with van der Waals surface area (Å²) in [5.41, 5.74) is 4.47. The molecule has 1 aliphatic heterocycles. The second-order valence-corrected chi connectivity index (χ2v) is 13.7. The van der Waals surface area contributed by atoms with E-state index in [-0.39, 0.29) is 35.0 Å². The minimum absolute atomic E-state index is 0.0461. The number of carbonyl (C=O) groups excluding carboxylic acids is 5. The van der Waals surface area contributed by atoms with Crippen LogP contribution in [0.5, 0.6) is 0 Å². The van der Waals surface area contributed by atoms with Gasteiger partial charge in [-0.2, -0.15) is 0 Å². The minimum atomic E-state index is -1.07. The molecule has 4 unspecified atom stereocenters. The second kappa shape index (κ2) is 11.1. The fraction of sp³-hybridized carbons (Fsp3) is 0.828. The topological polar surface area (TPSA) is 148 Å². The van der Waals surface area contributed by atoms with Crippen LogP contribution in [0.2, 0.25) is 0 Å². The molecule has 10 heteroatoms. The lowest BCUT2D eigenvalue weighted by Crippen LogP contribution is -2.60. The number of ether oxygens (including phenoxy) is 1. The Hall–Kier alpha value is -2.65. The summed E-state index contributed by atoms with van der Waals surface area (Å²) in [6.45, 7) is 9.89. The number of carbonyl (C=O) groups is 5. The van der Waals surface area contributed by atoms with Gasteiger partial charge in [-0.1, -0.05) is 52.4 Å². The minimum Gasteiger partial charge on any atom is -0.444 e. The van der Waals surface area contributed by atoms with Gasteiger partial charge in [0.25, 0.3) is 5.91 Å². The summed E-state index contributed by atoms with van der Waals surface area (Å²) >= 11 is 0. The molecule has 4 rings (SSSR count). The number of nitrogens with one attached hydrogen (secondary N) is 2. The Labute approximate surface area is 231 Å². The maximum Gasteiger partial charge on any atom is 0.408 e. The summed E-state index contributed by atoms with van der Waals surface area (Å²) < 4.78 is 5.48. The van der Waals surface area contributed by atoms with Crippen LogP contribution in [0, 0.1) is 29.1 Å². The molecule has 0 aromatic heterocycles. The van der Waals surface area contributed by atoms with Gasteiger partial charge in [0.2, 0.25) is 17.6 Å². The van der Waals surface area contributed by atoms with E-state index in [0.29, 0.717) is 13.0 Å². The molecular weight excluding hydrogens is 500 g/mol. The number of rotatable bonds is 9. The van der Waals surface area contributed by atoms with Crippen LogP contribution in [0.25, 0.3) is 0 Å². The monoisotopic (exact) mass is 546 g/mol. The Morgan fingerprint density at radius 2 is 1.62 bits per heavy atom. The molecule has 10 nitrogen and oxygen atoms in total. The van der Waals surface area contributed by atoms with Gasteiger partial charge in [0, 0.05) is 6.54 Å². The lowest BCUT2D eigenvalue weighted by Gasteiger charge is -2.37. The molecule has 4 amide bonds. The Balaban J connectivity index is 1.55. The molecule has 0 spiro atoms. The van der Waals surface area contributed by atoms with Crippen molar-refractivity contribution in [3.63, 3.8) is 0 Å². The number of likely N-dealkylation sites (tertiary alicyclic amines) is 1. The van der Waals surface area contributed by atoms with E-state index in [1.165, 1.54) is 0 Å². The van der Waals surface area contributed by atoms with E-state index < -0.39 is 47.4 Å². The van der Waals surface area contributed by atoms with Crippen molar-refractivity contribution in [1.82, 2.24) is 15.5 Å². The van der Waals surface area contributed by atoms with Gasteiger partial charge in [-0.25, -0.2) is 4.79 Å². The summed E-state index contributed by atoms with van der Waals surface area (Å²) in [6.07, 6.45) is 7.35. The smallest absolute Gasteiger partial charge is 0.408 e. The van der Waals surface area contributed by atoms with Gasteiger partial charge in [-0.15, -0.1) is 0 Å². The van der Waals surface area contributed by atoms with Crippen LogP contribution in [-0.4, -0.2) is 64.8 Å². The Bertz CT molecular complexity index is 994. The van der Waals surface area contributed by atoms with Crippen molar-refractivity contribution in [3.8, 4) is 0 Å². The van der Waals surface area contributed by atoms with Crippen molar-refractivity contribution in [2.45, 2.75) is 116 Å². The van der Waals surface area contributed by atoms with Crippen LogP contribution in [-0.2, 0) is 23.9 Å². The fourth-order valence-corrected chi connectivity index (χ4v) is 7.00. The molecule has 1 saturated heterocycles. The van der Waals surface area contributed by atoms with E-state index in [1.807, 2.05) is 0 Å². The number of piperidine rings is 1. The van der Waals surface area contributed by atoms with Gasteiger partial charge in [-0.05, 0) is 69.1 Å². The molecule has 4 aliphatic rings. The van der Waals surface area contributed by atoms with Crippen molar-refractivity contribution >= 4 is 29.6 Å². The maximum atomic E-state index is 14.1. The molecule has 39 heavy (non-hydrogen) atoms. The summed E-state index contributed by atoms with van der Waals surface area (Å²) in [6, 6.07) is -2.57. The highest BCUT2D eigenvalue weighted by Gasteiger charge is 2.69. The van der Waals surface area contributed by atoms with Crippen molar-refractivity contribution in [2.75, 3.05) is 6.54 Å². The zero-order valence-electron chi connectivity index (χ0n) is 24.1. The molecule has 4 fully saturated rings. The number of nitrogens with two attached hydrogens (primary N) is 1. The predicted octanol–water partition coefficient (Wildman–Crippen LogP) is 2.67. The van der Waals surface area contributed by atoms with Crippen LogP contribution in [0.15, 0.2) is 0 Å². The van der Waals surface area contributed by atoms with Crippen molar-refractivity contribution in [2.24, 2.45) is 34.8 Å². The van der Waals surface area contributed by atoms with Gasteiger partial charge < -0.3 is 26.0 Å². The first-order valence-electron chi connectivity index (χ1n) is 14.6. The van der Waals surface area contributed by atoms with E-state index >= 15 is 0 Å². The third-order valence-corrected chi connectivity index (χ3v) is 9.49. The summed E-state index contributed by atoms with van der Waals surface area (Å²) in [5, 5.41) is 5.66. The van der Waals surface area contributed by atoms with Gasteiger partial charge >= 0.3 is 6.09 Å². The Kier molecular flexibility index (Phi) is 8.34. The Morgan fingerprint density at radius 1 is 0.974 bits per heavy atom. The van der Waals surface area contributed by atoms with Crippen LogP contribution < -0.4 is 16.4 Å². The van der Waals surface area contributed by atoms with Crippen molar-refractivity contribution in [3.05, 3.63) is 0 Å². The molecule has 218 valence electrons. The van der Waals surface area contributed by atoms with Gasteiger partial charge in [-0.3, -0.25) is 19.2 Å². The first kappa shape index (κ1) is 29.3. The molecule has 0 radical (unpaired) electrons. The van der Waals surface area contributed by atoms with Crippen LogP contribution in [0.3, 0.4) is 0 Å². The number of Topliss-reactive ketones (excluding diaryl/α,β-unsaturated/α-hetero) is 1. The number of fused-ring (bicyclic) bond motifs is 1. The molecule has 3 saturated carbocycles. The van der Waals surface area contributed by atoms with Crippen LogP contribution >= 0.6 is 0 Å². The average Bonchev–Trinajstić information content (AvgIpc) is 3.15. The van der Waals surface area contributed by atoms with E-state index in [1.54, 1.807) is 25.7 Å². The quantitative estimate of drug-likeness (QED) is 0.379. The highest BCUT2D eigenvalue weighted by Crippen LogP contribution is 2.65. The number of hydrogen-bond acceptors (Lipinski definition) is 6. The van der Waals surface area contributed by atoms with Gasteiger partial charge in [0.1, 0.15) is 17.7 Å². The number of amides is 4. The van der Waals surface area contributed by atoms with Gasteiger partial charge in [0.15, 0.2) is 0 Å². The standard InChI is InChI=1S/C29H46N4O6/c1-28(2,3)39-27(38)32-21(17-12-7-6-8-13-17)26(37)33-15-18-20(29(18,4)5)22(33)25(36)31-19(23(34)24(30)35)14-16-10-9-11-16/h16-22H,6-15H2,1-5H3,(H2,30,35)(H,31,36)(H,32,38)/t18?,19?,20?,21?,22-/m0/s1. The normalized spacial score (nSPS) is 27.9. The summed E-state index contributed by atoms with van der Waals surface area (Å²) in [5.74, 6) is -2.29. The molecule has 0 aromatic carbocycles. The van der Waals surface area contributed by atoms with E-state index in [2.05, 4.69) is 24.5 Å². The third-order valence-electron chi connectivity index (χ3n) is 9.49. The molecular formula is C29H46N4O6. The zero-order chi connectivity index (χ0) is 28.7. The second-order valence-electron chi connectivity index (χ2n) is 13.7. The molecule has 1 heterocycles. The highest BCUT2D eigenvalue weighted by atomic mass is 16.6. The number of nitrogens with zero attached hydrogens (tertiary/aromatic N) is 1. The molecule has 0 bridgehead atoms. The highest BCUT2D eigenvalue weighted by molar-refractivity contribution is 6.37. The number of primary amides is 1. The molecule has 5 atom stereocenters. The first-order chi connectivity index (χ1) is 18.2. The average molecular weight is 547 g/mol. The number of alkyl carbamates (subject to hydrolysis) is 1. The van der Waals surface area contributed by atoms with E-state index in [9.17, 15) is 24.0 Å². The lowest BCUT2D eigenvalue weighted by molar-refractivity contribution is -0.144. The third kappa shape index (κ3) is 6.40. The summed E-state index contributed by atoms with van der Waals surface area (Å²) in [7, 11) is 0. The molecule has 3 aliphatic carbocycles. The summed E-state index contributed by atoms with van der Waals surface area (Å²) in [4.78, 5) is 66.7. The SMILES string of the molecule is CC(C)(C)OC(=O)NC(C(=O)N1CC2C([C@H]1C(=O)NC(CC1CCC1)C(=O)C(N)=O)C2(C)C)C1CCCCC1. The van der Waals surface area contributed by atoms with Crippen LogP contribution in [0.4, 0.5) is 4.79 Å². The first-order valence-corrected chi connectivity index (χ1v) is 14.6. The lowest BCUT2D eigenvalue weighted by atomic mass is 9.80. The predicted molar refractivity (Wildman–Crippen MR) is 144 cm³/mol. The number of hydrogen-bond donors (Lipinski definition) is 3. The van der Waals surface area contributed by atoms with Crippen LogP contribution in [0.1, 0.15) is 92.4 Å². The number of ketones is 1. The fourth-order valence-electron chi connectivity index (χ4n) is 7.00. The van der Waals surface area contributed by atoms with Crippen molar-refractivity contribution < 1.29 is 28.7 Å². The maximum absolute atomic E-state index is 14.1. The zero-order valence-corrected chi connectivity index (χ0v) is 24.1. The van der Waals surface area contributed by atoms with E-state index in [4.69, 9.17) is 10.5 Å². The molecule has 4 N–H and O–H groups in total.